The van der Waals surface area contributed by atoms with Gasteiger partial charge in [-0.15, -0.1) is 10.2 Å². The fourth-order valence-corrected chi connectivity index (χ4v) is 3.09. The average molecular weight is 319 g/mol. The predicted molar refractivity (Wildman–Crippen MR) is 90.3 cm³/mol. The third-order valence-electron chi connectivity index (χ3n) is 4.26. The molecule has 0 saturated carbocycles. The van der Waals surface area contributed by atoms with Crippen molar-refractivity contribution >= 4 is 11.6 Å². The number of carbonyl (C=O) groups excluding carboxylic acids is 1. The minimum absolute atomic E-state index is 0.0316. The Bertz CT molecular complexity index is 844. The van der Waals surface area contributed by atoms with Gasteiger partial charge in [-0.05, 0) is 37.1 Å². The van der Waals surface area contributed by atoms with Gasteiger partial charge in [0, 0.05) is 30.2 Å². The van der Waals surface area contributed by atoms with Crippen LogP contribution in [0.15, 0.2) is 54.9 Å². The second-order valence-electron chi connectivity index (χ2n) is 5.82. The molecular formula is C18H17N5O. The van der Waals surface area contributed by atoms with Crippen molar-refractivity contribution in [1.29, 1.82) is 0 Å². The predicted octanol–water partition coefficient (Wildman–Crippen LogP) is 2.86. The number of nitrogens with zero attached hydrogens (tertiary/aromatic N) is 4. The van der Waals surface area contributed by atoms with Crippen LogP contribution in [-0.2, 0) is 11.3 Å². The Morgan fingerprint density at radius 3 is 2.67 bits per heavy atom. The van der Waals surface area contributed by atoms with Gasteiger partial charge in [-0.25, -0.2) is 0 Å². The lowest BCUT2D eigenvalue weighted by Gasteiger charge is -2.23. The molecule has 0 saturated heterocycles. The minimum atomic E-state index is -0.276. The summed E-state index contributed by atoms with van der Waals surface area (Å²) in [6, 6.07) is 13.3. The molecule has 3 heterocycles. The van der Waals surface area contributed by atoms with Crippen LogP contribution in [0.3, 0.4) is 0 Å². The summed E-state index contributed by atoms with van der Waals surface area (Å²) < 4.78 is 2.05. The summed E-state index contributed by atoms with van der Waals surface area (Å²) in [5.41, 5.74) is 1.77. The zero-order chi connectivity index (χ0) is 16.4. The van der Waals surface area contributed by atoms with E-state index in [1.165, 1.54) is 0 Å². The van der Waals surface area contributed by atoms with Gasteiger partial charge in [-0.3, -0.25) is 9.78 Å². The second-order valence-corrected chi connectivity index (χ2v) is 5.82. The summed E-state index contributed by atoms with van der Waals surface area (Å²) >= 11 is 0. The molecule has 6 heteroatoms. The minimum Gasteiger partial charge on any atom is -0.325 e. The van der Waals surface area contributed by atoms with Crippen molar-refractivity contribution in [2.45, 2.75) is 25.3 Å². The third kappa shape index (κ3) is 2.67. The number of hydrogen-bond donors (Lipinski definition) is 1. The van der Waals surface area contributed by atoms with Crippen LogP contribution in [0.5, 0.6) is 0 Å². The molecule has 0 bridgehead atoms. The van der Waals surface area contributed by atoms with Gasteiger partial charge in [0.05, 0.1) is 5.92 Å². The van der Waals surface area contributed by atoms with Crippen molar-refractivity contribution in [3.05, 3.63) is 60.7 Å². The molecule has 1 atom stereocenters. The fourth-order valence-electron chi connectivity index (χ4n) is 3.09. The van der Waals surface area contributed by atoms with Gasteiger partial charge in [0.2, 0.25) is 5.91 Å². The molecule has 120 valence electrons. The van der Waals surface area contributed by atoms with E-state index >= 15 is 0 Å². The summed E-state index contributed by atoms with van der Waals surface area (Å²) in [4.78, 5) is 16.7. The lowest BCUT2D eigenvalue weighted by Crippen LogP contribution is -2.27. The lowest BCUT2D eigenvalue weighted by molar-refractivity contribution is -0.118. The molecule has 0 radical (unpaired) electrons. The Kier molecular flexibility index (Phi) is 3.78. The molecule has 3 aromatic rings. The van der Waals surface area contributed by atoms with Crippen molar-refractivity contribution in [1.82, 2.24) is 19.7 Å². The first-order valence-corrected chi connectivity index (χ1v) is 8.02. The molecule has 1 amide bonds. The van der Waals surface area contributed by atoms with Gasteiger partial charge in [0.25, 0.3) is 0 Å². The smallest absolute Gasteiger partial charge is 0.235 e. The fraction of sp³-hybridized carbons (Fsp3) is 0.222. The molecule has 1 aliphatic heterocycles. The highest BCUT2D eigenvalue weighted by molar-refractivity contribution is 5.95. The zero-order valence-corrected chi connectivity index (χ0v) is 13.1. The average Bonchev–Trinajstić information content (AvgIpc) is 3.07. The lowest BCUT2D eigenvalue weighted by atomic mass is 9.97. The van der Waals surface area contributed by atoms with Crippen molar-refractivity contribution in [2.24, 2.45) is 0 Å². The molecule has 2 aromatic heterocycles. The van der Waals surface area contributed by atoms with Crippen molar-refractivity contribution < 1.29 is 4.79 Å². The normalized spacial score (nSPS) is 16.4. The summed E-state index contributed by atoms with van der Waals surface area (Å²) in [6.45, 7) is 0.828. The Hall–Kier alpha value is -3.02. The van der Waals surface area contributed by atoms with E-state index in [4.69, 9.17) is 0 Å². The number of rotatable bonds is 3. The molecule has 4 rings (SSSR count). The molecule has 1 aromatic carbocycles. The first-order chi connectivity index (χ1) is 11.8. The van der Waals surface area contributed by atoms with Crippen LogP contribution >= 0.6 is 0 Å². The van der Waals surface area contributed by atoms with Gasteiger partial charge < -0.3 is 9.88 Å². The van der Waals surface area contributed by atoms with Crippen LogP contribution in [0.25, 0.3) is 11.4 Å². The Morgan fingerprint density at radius 2 is 1.88 bits per heavy atom. The van der Waals surface area contributed by atoms with Gasteiger partial charge in [0.1, 0.15) is 5.82 Å². The highest BCUT2D eigenvalue weighted by atomic mass is 16.1. The van der Waals surface area contributed by atoms with Gasteiger partial charge >= 0.3 is 0 Å². The number of hydrogen-bond acceptors (Lipinski definition) is 4. The molecular weight excluding hydrogens is 302 g/mol. The van der Waals surface area contributed by atoms with E-state index in [-0.39, 0.29) is 11.8 Å². The Labute approximate surface area is 139 Å². The number of aromatic nitrogens is 4. The number of fused-ring (bicyclic) bond motifs is 1. The number of nitrogens with one attached hydrogen (secondary N) is 1. The highest BCUT2D eigenvalue weighted by Crippen LogP contribution is 2.30. The first kappa shape index (κ1) is 14.6. The molecule has 0 spiro atoms. The monoisotopic (exact) mass is 319 g/mol. The highest BCUT2D eigenvalue weighted by Gasteiger charge is 2.31. The van der Waals surface area contributed by atoms with E-state index in [1.54, 1.807) is 12.4 Å². The van der Waals surface area contributed by atoms with Gasteiger partial charge in [-0.2, -0.15) is 0 Å². The second kappa shape index (κ2) is 6.23. The van der Waals surface area contributed by atoms with E-state index in [0.29, 0.717) is 0 Å². The van der Waals surface area contributed by atoms with Crippen molar-refractivity contribution in [3.63, 3.8) is 0 Å². The quantitative estimate of drug-likeness (QED) is 0.805. The maximum absolute atomic E-state index is 12.7. The SMILES string of the molecule is O=C(Nc1ccccc1)C1CCCn2c(-c3ccncc3)nnc21. The van der Waals surface area contributed by atoms with E-state index in [9.17, 15) is 4.79 Å². The summed E-state index contributed by atoms with van der Waals surface area (Å²) in [5.74, 6) is 1.23. The number of amides is 1. The molecule has 6 nitrogen and oxygen atoms in total. The maximum Gasteiger partial charge on any atom is 0.235 e. The zero-order valence-electron chi connectivity index (χ0n) is 13.1. The summed E-state index contributed by atoms with van der Waals surface area (Å²) in [5, 5.41) is 11.6. The van der Waals surface area contributed by atoms with Gasteiger partial charge in [0.15, 0.2) is 5.82 Å². The molecule has 0 aliphatic carbocycles. The third-order valence-corrected chi connectivity index (χ3v) is 4.26. The molecule has 24 heavy (non-hydrogen) atoms. The van der Waals surface area contributed by atoms with Crippen molar-refractivity contribution in [3.8, 4) is 11.4 Å². The number of benzene rings is 1. The Balaban J connectivity index is 1.63. The van der Waals surface area contributed by atoms with Crippen LogP contribution in [-0.4, -0.2) is 25.7 Å². The molecule has 1 unspecified atom stereocenters. The standard InChI is InChI=1S/C18H17N5O/c24-18(20-14-5-2-1-3-6-14)15-7-4-12-23-16(21-22-17(15)23)13-8-10-19-11-9-13/h1-3,5-6,8-11,15H,4,7,12H2,(H,20,24). The van der Waals surface area contributed by atoms with Gasteiger partial charge in [-0.1, -0.05) is 18.2 Å². The van der Waals surface area contributed by atoms with E-state index in [1.807, 2.05) is 47.0 Å². The topological polar surface area (TPSA) is 72.7 Å². The van der Waals surface area contributed by atoms with Crippen LogP contribution < -0.4 is 5.32 Å². The summed E-state index contributed by atoms with van der Waals surface area (Å²) in [6.07, 6.45) is 5.18. The van der Waals surface area contributed by atoms with Crippen LogP contribution in [0, 0.1) is 0 Å². The van der Waals surface area contributed by atoms with E-state index < -0.39 is 0 Å². The maximum atomic E-state index is 12.7. The van der Waals surface area contributed by atoms with Crippen LogP contribution in [0.2, 0.25) is 0 Å². The van der Waals surface area contributed by atoms with E-state index in [0.717, 1.165) is 42.3 Å². The van der Waals surface area contributed by atoms with Crippen molar-refractivity contribution in [2.75, 3.05) is 5.32 Å². The molecule has 1 aliphatic rings. The molecule has 1 N–H and O–H groups in total. The molecule has 0 fully saturated rings. The number of carbonyl (C=O) groups is 1. The Morgan fingerprint density at radius 1 is 1.08 bits per heavy atom. The van der Waals surface area contributed by atoms with Crippen LogP contribution in [0.4, 0.5) is 5.69 Å². The number of pyridine rings is 1. The van der Waals surface area contributed by atoms with E-state index in [2.05, 4.69) is 20.5 Å². The largest absolute Gasteiger partial charge is 0.325 e. The summed E-state index contributed by atoms with van der Waals surface area (Å²) in [7, 11) is 0. The number of anilines is 1. The number of para-hydroxylation sites is 1. The first-order valence-electron chi connectivity index (χ1n) is 8.02. The van der Waals surface area contributed by atoms with Crippen LogP contribution in [0.1, 0.15) is 24.6 Å².